The van der Waals surface area contributed by atoms with Gasteiger partial charge >= 0.3 is 0 Å². The summed E-state index contributed by atoms with van der Waals surface area (Å²) in [5.74, 6) is 0. The summed E-state index contributed by atoms with van der Waals surface area (Å²) in [4.78, 5) is 4.85. The molecule has 21 heavy (non-hydrogen) atoms. The SMILES string of the molecule is Cc1cc2nc3c4ccccc4n(C)cc-3c2cc1Br.Cl. The fourth-order valence-electron chi connectivity index (χ4n) is 2.86. The largest absolute Gasteiger partial charge is 0.350 e. The second-order valence-corrected chi connectivity index (χ2v) is 6.10. The molecule has 2 aromatic rings. The van der Waals surface area contributed by atoms with Gasteiger partial charge in [0.05, 0.1) is 11.2 Å². The Hall–Kier alpha value is -1.58. The van der Waals surface area contributed by atoms with Crippen molar-refractivity contribution in [2.24, 2.45) is 7.05 Å². The first-order valence-corrected chi connectivity index (χ1v) is 7.38. The zero-order valence-corrected chi connectivity index (χ0v) is 14.1. The van der Waals surface area contributed by atoms with Crippen molar-refractivity contribution in [3.63, 3.8) is 0 Å². The highest BCUT2D eigenvalue weighted by Crippen LogP contribution is 2.38. The van der Waals surface area contributed by atoms with Gasteiger partial charge in [0.1, 0.15) is 0 Å². The fourth-order valence-corrected chi connectivity index (χ4v) is 3.21. The number of pyridine rings is 1. The van der Waals surface area contributed by atoms with Crippen LogP contribution in [0, 0.1) is 6.92 Å². The monoisotopic (exact) mass is 360 g/mol. The second kappa shape index (κ2) is 5.00. The quantitative estimate of drug-likeness (QED) is 0.414. The maximum atomic E-state index is 4.85. The maximum absolute atomic E-state index is 4.85. The molecule has 2 aliphatic rings. The van der Waals surface area contributed by atoms with Crippen LogP contribution in [-0.2, 0) is 7.05 Å². The summed E-state index contributed by atoms with van der Waals surface area (Å²) in [6, 6.07) is 12.7. The minimum Gasteiger partial charge on any atom is -0.350 e. The van der Waals surface area contributed by atoms with E-state index in [0.717, 1.165) is 15.7 Å². The third kappa shape index (κ3) is 2.03. The Kier molecular flexibility index (Phi) is 3.42. The zero-order chi connectivity index (χ0) is 13.9. The first kappa shape index (κ1) is 14.4. The van der Waals surface area contributed by atoms with Crippen molar-refractivity contribution in [2.45, 2.75) is 6.92 Å². The minimum atomic E-state index is 0. The van der Waals surface area contributed by atoms with Crippen molar-refractivity contribution < 1.29 is 0 Å². The minimum absolute atomic E-state index is 0. The van der Waals surface area contributed by atoms with Crippen molar-refractivity contribution in [1.82, 2.24) is 9.55 Å². The number of nitrogens with zero attached hydrogens (tertiary/aromatic N) is 2. The van der Waals surface area contributed by atoms with E-state index in [4.69, 9.17) is 4.98 Å². The second-order valence-electron chi connectivity index (χ2n) is 5.25. The van der Waals surface area contributed by atoms with Crippen LogP contribution in [0.2, 0.25) is 0 Å². The molecule has 0 fully saturated rings. The number of rotatable bonds is 0. The Bertz CT molecular complexity index is 943. The van der Waals surface area contributed by atoms with Gasteiger partial charge in [-0.1, -0.05) is 34.1 Å². The number of hydrogen-bond acceptors (Lipinski definition) is 1. The van der Waals surface area contributed by atoms with Crippen LogP contribution in [0.25, 0.3) is 33.1 Å². The molecule has 0 radical (unpaired) electrons. The van der Waals surface area contributed by atoms with Gasteiger partial charge in [0.15, 0.2) is 0 Å². The third-order valence-corrected chi connectivity index (χ3v) is 4.77. The summed E-state index contributed by atoms with van der Waals surface area (Å²) in [5, 5.41) is 2.41. The molecule has 2 aromatic carbocycles. The zero-order valence-electron chi connectivity index (χ0n) is 11.7. The molecule has 0 unspecified atom stereocenters. The summed E-state index contributed by atoms with van der Waals surface area (Å²) in [5.41, 5.74) is 5.79. The molecule has 0 amide bonds. The van der Waals surface area contributed by atoms with Crippen LogP contribution in [0.5, 0.6) is 0 Å². The van der Waals surface area contributed by atoms with Gasteiger partial charge in [-0.2, -0.15) is 0 Å². The topological polar surface area (TPSA) is 17.8 Å². The molecule has 4 heteroatoms. The van der Waals surface area contributed by atoms with Crippen molar-refractivity contribution in [3.8, 4) is 11.3 Å². The summed E-state index contributed by atoms with van der Waals surface area (Å²) in [6.07, 6.45) is 2.18. The molecule has 2 aliphatic heterocycles. The van der Waals surface area contributed by atoms with E-state index in [1.165, 1.54) is 27.4 Å². The lowest BCUT2D eigenvalue weighted by molar-refractivity contribution is 0.955. The van der Waals surface area contributed by atoms with E-state index >= 15 is 0 Å². The number of para-hydroxylation sites is 1. The third-order valence-electron chi connectivity index (χ3n) is 3.92. The molecule has 0 N–H and O–H groups in total. The van der Waals surface area contributed by atoms with E-state index in [9.17, 15) is 0 Å². The molecule has 0 spiro atoms. The number of hydrogen-bond donors (Lipinski definition) is 0. The highest BCUT2D eigenvalue weighted by atomic mass is 79.9. The van der Waals surface area contributed by atoms with E-state index in [1.54, 1.807) is 0 Å². The van der Waals surface area contributed by atoms with Gasteiger partial charge in [-0.05, 0) is 30.7 Å². The molecule has 2 heterocycles. The Morgan fingerprint density at radius 3 is 2.67 bits per heavy atom. The lowest BCUT2D eigenvalue weighted by Gasteiger charge is -2.10. The summed E-state index contributed by atoms with van der Waals surface area (Å²) >= 11 is 3.62. The average Bonchev–Trinajstić information content (AvgIpc) is 2.78. The molecule has 0 saturated heterocycles. The van der Waals surface area contributed by atoms with Crippen LogP contribution in [0.3, 0.4) is 0 Å². The predicted molar refractivity (Wildman–Crippen MR) is 94.5 cm³/mol. The molecule has 0 aliphatic carbocycles. The standard InChI is InChI=1S/C17H13BrN2.ClH/c1-10-7-15-12(8-14(10)18)13-9-20(2)16-6-4-3-5-11(16)17(13)19-15;/h3-9H,1-2H3;1H. The van der Waals surface area contributed by atoms with E-state index < -0.39 is 0 Å². The normalized spacial score (nSPS) is 11.2. The van der Waals surface area contributed by atoms with Gasteiger partial charge in [0, 0.05) is 39.6 Å². The number of aromatic nitrogens is 2. The Balaban J connectivity index is 0.00000132. The number of fused-ring (bicyclic) bond motifs is 5. The van der Waals surface area contributed by atoms with Crippen LogP contribution in [0.15, 0.2) is 47.1 Å². The van der Waals surface area contributed by atoms with Crippen LogP contribution >= 0.6 is 28.3 Å². The molecule has 0 aromatic heterocycles. The van der Waals surface area contributed by atoms with Crippen molar-refractivity contribution in [3.05, 3.63) is 52.6 Å². The molecule has 0 saturated carbocycles. The molecule has 0 bridgehead atoms. The molecule has 2 nitrogen and oxygen atoms in total. The van der Waals surface area contributed by atoms with Gasteiger partial charge in [0.25, 0.3) is 0 Å². The van der Waals surface area contributed by atoms with Crippen molar-refractivity contribution in [1.29, 1.82) is 0 Å². The predicted octanol–water partition coefficient (Wildman–Crippen LogP) is 5.32. The van der Waals surface area contributed by atoms with Crippen LogP contribution in [0.4, 0.5) is 0 Å². The Morgan fingerprint density at radius 2 is 1.86 bits per heavy atom. The van der Waals surface area contributed by atoms with Crippen molar-refractivity contribution in [2.75, 3.05) is 0 Å². The van der Waals surface area contributed by atoms with Gasteiger partial charge < -0.3 is 4.57 Å². The first-order valence-electron chi connectivity index (χ1n) is 6.59. The lowest BCUT2D eigenvalue weighted by Crippen LogP contribution is -1.95. The van der Waals surface area contributed by atoms with Gasteiger partial charge in [-0.15, -0.1) is 12.4 Å². The van der Waals surface area contributed by atoms with E-state index in [1.807, 2.05) is 0 Å². The van der Waals surface area contributed by atoms with E-state index in [0.29, 0.717) is 0 Å². The molecular formula is C17H14BrClN2. The van der Waals surface area contributed by atoms with Crippen LogP contribution < -0.4 is 0 Å². The summed E-state index contributed by atoms with van der Waals surface area (Å²) in [6.45, 7) is 2.10. The molecule has 4 rings (SSSR count). The lowest BCUT2D eigenvalue weighted by atomic mass is 10.0. The van der Waals surface area contributed by atoms with Gasteiger partial charge in [0.2, 0.25) is 0 Å². The van der Waals surface area contributed by atoms with E-state index in [-0.39, 0.29) is 12.4 Å². The molecular weight excluding hydrogens is 348 g/mol. The molecule has 106 valence electrons. The van der Waals surface area contributed by atoms with Gasteiger partial charge in [-0.25, -0.2) is 4.98 Å². The number of benzene rings is 2. The molecule has 0 atom stereocenters. The maximum Gasteiger partial charge on any atom is 0.0824 e. The number of aryl methyl sites for hydroxylation is 2. The van der Waals surface area contributed by atoms with Crippen LogP contribution in [-0.4, -0.2) is 9.55 Å². The fraction of sp³-hybridized carbons (Fsp3) is 0.118. The highest BCUT2D eigenvalue weighted by molar-refractivity contribution is 9.10. The van der Waals surface area contributed by atoms with E-state index in [2.05, 4.69) is 77.1 Å². The Labute approximate surface area is 137 Å². The number of halogens is 2. The average molecular weight is 362 g/mol. The Morgan fingerprint density at radius 1 is 1.10 bits per heavy atom. The van der Waals surface area contributed by atoms with Crippen LogP contribution in [0.1, 0.15) is 5.56 Å². The summed E-state index contributed by atoms with van der Waals surface area (Å²) < 4.78 is 3.31. The summed E-state index contributed by atoms with van der Waals surface area (Å²) in [7, 11) is 2.09. The van der Waals surface area contributed by atoms with Gasteiger partial charge in [-0.3, -0.25) is 0 Å². The first-order chi connectivity index (χ1) is 9.65. The smallest absolute Gasteiger partial charge is 0.0824 e. The van der Waals surface area contributed by atoms with Crippen molar-refractivity contribution >= 4 is 50.1 Å². The highest BCUT2D eigenvalue weighted by Gasteiger charge is 2.17.